The van der Waals surface area contributed by atoms with E-state index in [4.69, 9.17) is 0 Å². The molecule has 2 unspecified atom stereocenters. The quantitative estimate of drug-likeness (QED) is 0.617. The summed E-state index contributed by atoms with van der Waals surface area (Å²) in [5.41, 5.74) is 0.0246. The molecule has 1 fully saturated rings. The van der Waals surface area contributed by atoms with Crippen molar-refractivity contribution >= 4 is 5.91 Å². The van der Waals surface area contributed by atoms with Gasteiger partial charge in [0.05, 0.1) is 12.2 Å². The Morgan fingerprint density at radius 2 is 2.56 bits per heavy atom. The topological polar surface area (TPSA) is 79.5 Å². The molecule has 2 heterocycles. The van der Waals surface area contributed by atoms with E-state index < -0.39 is 18.1 Å². The monoisotopic (exact) mass is 226 g/mol. The molecule has 16 heavy (non-hydrogen) atoms. The first-order chi connectivity index (χ1) is 7.66. The van der Waals surface area contributed by atoms with Crippen molar-refractivity contribution in [2.45, 2.75) is 18.6 Å². The highest BCUT2D eigenvalue weighted by Gasteiger charge is 2.28. The number of carbonyl (C=O) groups excluding carboxylic acids is 1. The number of aromatic nitrogens is 2. The Hall–Kier alpha value is -1.76. The molecular weight excluding hydrogens is 215 g/mol. The van der Waals surface area contributed by atoms with E-state index in [0.29, 0.717) is 4.85 Å². The Labute approximate surface area is 90.4 Å². The van der Waals surface area contributed by atoms with Crippen molar-refractivity contribution < 1.29 is 14.4 Å². The Kier molecular flexibility index (Phi) is 2.95. The van der Waals surface area contributed by atoms with Crippen molar-refractivity contribution in [1.82, 2.24) is 15.3 Å². The molecule has 2 rings (SSSR count). The lowest BCUT2D eigenvalue weighted by atomic mass is 10.2. The summed E-state index contributed by atoms with van der Waals surface area (Å²) in [6.45, 7) is 0.165. The van der Waals surface area contributed by atoms with Crippen molar-refractivity contribution in [1.29, 1.82) is 0 Å². The van der Waals surface area contributed by atoms with Gasteiger partial charge in [0.1, 0.15) is 6.17 Å². The molecular formula is C9H11FN4O2. The second-order valence-electron chi connectivity index (χ2n) is 3.52. The van der Waals surface area contributed by atoms with Gasteiger partial charge in [0.2, 0.25) is 0 Å². The third-order valence-corrected chi connectivity index (χ3v) is 2.31. The van der Waals surface area contributed by atoms with Crippen LogP contribution in [-0.2, 0) is 4.79 Å². The fourth-order valence-corrected chi connectivity index (χ4v) is 1.51. The third-order valence-electron chi connectivity index (χ3n) is 2.31. The summed E-state index contributed by atoms with van der Waals surface area (Å²) < 4.78 is 12.8. The number of carbonyl (C=O) groups is 1. The molecule has 7 heteroatoms. The van der Waals surface area contributed by atoms with E-state index in [0.717, 1.165) is 0 Å². The minimum atomic E-state index is -1.01. The molecule has 0 spiro atoms. The van der Waals surface area contributed by atoms with Crippen LogP contribution in [-0.4, -0.2) is 39.8 Å². The number of amides is 1. The number of nitrogens with zero attached hydrogens (tertiary/aromatic N) is 3. The van der Waals surface area contributed by atoms with Gasteiger partial charge in [-0.3, -0.25) is 4.79 Å². The Morgan fingerprint density at radius 1 is 1.75 bits per heavy atom. The van der Waals surface area contributed by atoms with E-state index >= 15 is 0 Å². The standard InChI is InChI=1S/C9H11FN4O2/c10-6-4-7(11-5-6)9(15)13-8-2-1-3-12-14(8)16/h1-3,6-7,11,16H,4-5H2. The van der Waals surface area contributed by atoms with Crippen molar-refractivity contribution in [3.8, 4) is 0 Å². The summed E-state index contributed by atoms with van der Waals surface area (Å²) in [5, 5.41) is 15.4. The van der Waals surface area contributed by atoms with Crippen LogP contribution in [0.15, 0.2) is 23.3 Å². The minimum Gasteiger partial charge on any atom is -0.410 e. The summed E-state index contributed by atoms with van der Waals surface area (Å²) in [4.78, 5) is 15.7. The molecule has 1 aliphatic heterocycles. The average molecular weight is 226 g/mol. The number of hydrogen-bond acceptors (Lipinski definition) is 4. The molecule has 1 aliphatic rings. The van der Waals surface area contributed by atoms with Gasteiger partial charge in [0.15, 0.2) is 5.49 Å². The first-order valence-corrected chi connectivity index (χ1v) is 4.86. The van der Waals surface area contributed by atoms with Gasteiger partial charge < -0.3 is 10.5 Å². The zero-order chi connectivity index (χ0) is 11.5. The molecule has 2 N–H and O–H groups in total. The fourth-order valence-electron chi connectivity index (χ4n) is 1.51. The first kappa shape index (κ1) is 10.7. The molecule has 0 bridgehead atoms. The molecule has 86 valence electrons. The molecule has 1 aromatic heterocycles. The highest BCUT2D eigenvalue weighted by molar-refractivity contribution is 5.82. The van der Waals surface area contributed by atoms with Crippen molar-refractivity contribution in [2.24, 2.45) is 4.99 Å². The van der Waals surface area contributed by atoms with Gasteiger partial charge in [-0.05, 0) is 12.1 Å². The van der Waals surface area contributed by atoms with E-state index in [1.807, 2.05) is 0 Å². The van der Waals surface area contributed by atoms with Crippen LogP contribution in [0.25, 0.3) is 0 Å². The van der Waals surface area contributed by atoms with Crippen LogP contribution in [0.5, 0.6) is 0 Å². The van der Waals surface area contributed by atoms with Gasteiger partial charge in [-0.25, -0.2) is 4.39 Å². The molecule has 6 nitrogen and oxygen atoms in total. The fraction of sp³-hybridized carbons (Fsp3) is 0.444. The maximum absolute atomic E-state index is 12.8. The molecule has 1 amide bonds. The molecule has 1 saturated heterocycles. The summed E-state index contributed by atoms with van der Waals surface area (Å²) in [6.07, 6.45) is 0.461. The van der Waals surface area contributed by atoms with Gasteiger partial charge in [-0.1, -0.05) is 4.85 Å². The molecule has 0 aliphatic carbocycles. The number of hydrogen-bond donors (Lipinski definition) is 2. The highest BCUT2D eigenvalue weighted by Crippen LogP contribution is 2.10. The van der Waals surface area contributed by atoms with E-state index in [-0.39, 0.29) is 18.5 Å². The van der Waals surface area contributed by atoms with Crippen LogP contribution in [0.3, 0.4) is 0 Å². The smallest absolute Gasteiger partial charge is 0.265 e. The molecule has 0 radical (unpaired) electrons. The third kappa shape index (κ3) is 2.25. The first-order valence-electron chi connectivity index (χ1n) is 4.86. The average Bonchev–Trinajstić information content (AvgIpc) is 2.68. The second kappa shape index (κ2) is 4.40. The molecule has 1 aromatic rings. The number of nitrogens with one attached hydrogen (secondary N) is 1. The zero-order valence-electron chi connectivity index (χ0n) is 8.38. The lowest BCUT2D eigenvalue weighted by molar-refractivity contribution is -0.120. The summed E-state index contributed by atoms with van der Waals surface area (Å²) >= 11 is 0. The van der Waals surface area contributed by atoms with Crippen LogP contribution in [0.1, 0.15) is 6.42 Å². The highest BCUT2D eigenvalue weighted by atomic mass is 19.1. The van der Waals surface area contributed by atoms with Crippen LogP contribution in [0.4, 0.5) is 4.39 Å². The minimum absolute atomic E-state index is 0.0246. The molecule has 0 saturated carbocycles. The summed E-state index contributed by atoms with van der Waals surface area (Å²) in [5.74, 6) is -0.504. The lowest BCUT2D eigenvalue weighted by Crippen LogP contribution is -2.32. The van der Waals surface area contributed by atoms with E-state index in [1.54, 1.807) is 6.07 Å². The van der Waals surface area contributed by atoms with Crippen molar-refractivity contribution in [3.05, 3.63) is 23.8 Å². The molecule has 0 aromatic carbocycles. The van der Waals surface area contributed by atoms with Gasteiger partial charge in [0, 0.05) is 13.0 Å². The van der Waals surface area contributed by atoms with Crippen LogP contribution >= 0.6 is 0 Å². The van der Waals surface area contributed by atoms with Gasteiger partial charge in [-0.2, -0.15) is 4.99 Å². The van der Waals surface area contributed by atoms with Crippen molar-refractivity contribution in [2.75, 3.05) is 6.54 Å². The number of rotatable bonds is 1. The summed E-state index contributed by atoms with van der Waals surface area (Å²) in [7, 11) is 0. The van der Waals surface area contributed by atoms with Crippen LogP contribution < -0.4 is 10.8 Å². The summed E-state index contributed by atoms with van der Waals surface area (Å²) in [6, 6.07) is 2.36. The van der Waals surface area contributed by atoms with Crippen molar-refractivity contribution in [3.63, 3.8) is 0 Å². The van der Waals surface area contributed by atoms with Gasteiger partial charge in [-0.15, -0.1) is 5.10 Å². The van der Waals surface area contributed by atoms with Crippen LogP contribution in [0.2, 0.25) is 0 Å². The van der Waals surface area contributed by atoms with Crippen LogP contribution in [0, 0.1) is 0 Å². The second-order valence-corrected chi connectivity index (χ2v) is 3.52. The SMILES string of the molecule is O=C(N=c1cccnn1O)C1CC(F)CN1. The zero-order valence-corrected chi connectivity index (χ0v) is 8.38. The lowest BCUT2D eigenvalue weighted by Gasteiger charge is -2.03. The van der Waals surface area contributed by atoms with E-state index in [2.05, 4.69) is 15.4 Å². The maximum atomic E-state index is 12.8. The number of halogens is 1. The normalized spacial score (nSPS) is 25.9. The Balaban J connectivity index is 2.18. The molecule has 2 atom stereocenters. The predicted molar refractivity (Wildman–Crippen MR) is 51.3 cm³/mol. The van der Waals surface area contributed by atoms with Gasteiger partial charge in [0.25, 0.3) is 5.91 Å². The predicted octanol–water partition coefficient (Wildman–Crippen LogP) is -0.752. The van der Waals surface area contributed by atoms with E-state index in [1.165, 1.54) is 12.3 Å². The van der Waals surface area contributed by atoms with E-state index in [9.17, 15) is 14.4 Å². The van der Waals surface area contributed by atoms with Gasteiger partial charge >= 0.3 is 0 Å². The Morgan fingerprint density at radius 3 is 3.19 bits per heavy atom. The number of alkyl halides is 1. The maximum Gasteiger partial charge on any atom is 0.265 e. The Bertz CT molecular complexity index is 459. The largest absolute Gasteiger partial charge is 0.410 e.